The van der Waals surface area contributed by atoms with Gasteiger partial charge >= 0.3 is 0 Å². The first kappa shape index (κ1) is 11.3. The molecule has 0 unspecified atom stereocenters. The normalized spacial score (nSPS) is 10.4. The van der Waals surface area contributed by atoms with E-state index in [1.807, 2.05) is 0 Å². The highest BCUT2D eigenvalue weighted by Gasteiger charge is 2.06. The van der Waals surface area contributed by atoms with Crippen LogP contribution >= 0.6 is 0 Å². The summed E-state index contributed by atoms with van der Waals surface area (Å²) in [5, 5.41) is 13.9. The molecule has 0 saturated heterocycles. The molecule has 0 aliphatic rings. The first-order valence-electron chi connectivity index (χ1n) is 5.03. The average molecular weight is 236 g/mol. The smallest absolute Gasteiger partial charge is 0.242 e. The Bertz CT molecular complexity index is 477. The molecule has 90 valence electrons. The van der Waals surface area contributed by atoms with Crippen LogP contribution in [0.25, 0.3) is 0 Å². The number of nitrogens with zero attached hydrogens (tertiary/aromatic N) is 4. The molecule has 0 atom stereocenters. The number of carbonyl (C=O) groups excluding carboxylic acids is 1. The zero-order chi connectivity index (χ0) is 12.1. The Labute approximate surface area is 96.8 Å². The molecule has 0 aromatic carbocycles. The molecule has 2 aromatic heterocycles. The number of aromatic nitrogens is 4. The van der Waals surface area contributed by atoms with Gasteiger partial charge in [0, 0.05) is 12.6 Å². The maximum Gasteiger partial charge on any atom is 0.242 e. The topological polar surface area (TPSA) is 112 Å². The Hall–Kier alpha value is -2.22. The minimum Gasteiger partial charge on any atom is -0.364 e. The minimum atomic E-state index is -0.179. The van der Waals surface area contributed by atoms with Gasteiger partial charge < -0.3 is 15.6 Å². The summed E-state index contributed by atoms with van der Waals surface area (Å²) in [6.45, 7) is 0.735. The van der Waals surface area contributed by atoms with Crippen LogP contribution in [0.5, 0.6) is 0 Å². The van der Waals surface area contributed by atoms with Crippen molar-refractivity contribution in [2.45, 2.75) is 19.6 Å². The fourth-order valence-electron chi connectivity index (χ4n) is 1.23. The van der Waals surface area contributed by atoms with Crippen molar-refractivity contribution >= 4 is 5.91 Å². The first-order chi connectivity index (χ1) is 8.28. The Balaban J connectivity index is 1.81. The second kappa shape index (κ2) is 5.21. The predicted octanol–water partition coefficient (Wildman–Crippen LogP) is -0.959. The molecule has 0 aliphatic heterocycles. The summed E-state index contributed by atoms with van der Waals surface area (Å²) < 4.78 is 6.07. The lowest BCUT2D eigenvalue weighted by Crippen LogP contribution is -2.27. The van der Waals surface area contributed by atoms with Gasteiger partial charge in [-0.2, -0.15) is 0 Å². The molecule has 0 aliphatic carbocycles. The van der Waals surface area contributed by atoms with Gasteiger partial charge in [0.2, 0.25) is 5.91 Å². The summed E-state index contributed by atoms with van der Waals surface area (Å²) in [6, 6.07) is 1.68. The third-order valence-corrected chi connectivity index (χ3v) is 2.06. The number of hydrogen-bond donors (Lipinski definition) is 2. The Morgan fingerprint density at radius 3 is 3.06 bits per heavy atom. The van der Waals surface area contributed by atoms with Crippen LogP contribution in [0, 0.1) is 0 Å². The van der Waals surface area contributed by atoms with Crippen LogP contribution in [0.4, 0.5) is 0 Å². The van der Waals surface area contributed by atoms with Crippen LogP contribution in [-0.4, -0.2) is 26.1 Å². The molecule has 0 fully saturated rings. The lowest BCUT2D eigenvalue weighted by atomic mass is 10.4. The lowest BCUT2D eigenvalue weighted by molar-refractivity contribution is -0.122. The molecule has 8 nitrogen and oxygen atoms in total. The second-order valence-electron chi connectivity index (χ2n) is 3.38. The Morgan fingerprint density at radius 2 is 2.41 bits per heavy atom. The van der Waals surface area contributed by atoms with E-state index in [0.717, 1.165) is 0 Å². The van der Waals surface area contributed by atoms with E-state index in [-0.39, 0.29) is 12.5 Å². The van der Waals surface area contributed by atoms with Gasteiger partial charge in [0.05, 0.1) is 18.4 Å². The molecule has 2 aromatic rings. The fourth-order valence-corrected chi connectivity index (χ4v) is 1.23. The summed E-state index contributed by atoms with van der Waals surface area (Å²) in [5.41, 5.74) is 6.70. The Morgan fingerprint density at radius 1 is 1.53 bits per heavy atom. The number of carbonyl (C=O) groups is 1. The molecular formula is C9H12N6O2. The summed E-state index contributed by atoms with van der Waals surface area (Å²) >= 11 is 0. The van der Waals surface area contributed by atoms with Gasteiger partial charge in [-0.3, -0.25) is 4.79 Å². The van der Waals surface area contributed by atoms with Gasteiger partial charge in [0.1, 0.15) is 18.5 Å². The third-order valence-electron chi connectivity index (χ3n) is 2.06. The highest BCUT2D eigenvalue weighted by Crippen LogP contribution is 1.94. The van der Waals surface area contributed by atoms with Crippen LogP contribution < -0.4 is 11.1 Å². The maximum absolute atomic E-state index is 11.5. The molecule has 0 bridgehead atoms. The molecule has 0 radical (unpaired) electrons. The Kier molecular flexibility index (Phi) is 3.46. The molecule has 3 N–H and O–H groups in total. The number of hydrogen-bond acceptors (Lipinski definition) is 6. The fraction of sp³-hybridized carbons (Fsp3) is 0.333. The average Bonchev–Trinajstić information content (AvgIpc) is 2.97. The molecule has 1 amide bonds. The first-order valence-corrected chi connectivity index (χ1v) is 5.03. The van der Waals surface area contributed by atoms with Gasteiger partial charge in [0.25, 0.3) is 0 Å². The van der Waals surface area contributed by atoms with Crippen molar-refractivity contribution < 1.29 is 9.32 Å². The van der Waals surface area contributed by atoms with E-state index in [1.165, 1.54) is 10.9 Å². The van der Waals surface area contributed by atoms with E-state index in [2.05, 4.69) is 25.3 Å². The number of nitrogens with one attached hydrogen (secondary N) is 1. The molecule has 17 heavy (non-hydrogen) atoms. The molecule has 0 spiro atoms. The van der Waals surface area contributed by atoms with E-state index in [4.69, 9.17) is 5.73 Å². The van der Waals surface area contributed by atoms with Gasteiger partial charge in [-0.15, -0.1) is 5.10 Å². The van der Waals surface area contributed by atoms with Crippen LogP contribution in [0.2, 0.25) is 0 Å². The van der Waals surface area contributed by atoms with Gasteiger partial charge in [-0.1, -0.05) is 10.4 Å². The van der Waals surface area contributed by atoms with Crippen molar-refractivity contribution in [2.24, 2.45) is 5.73 Å². The zero-order valence-corrected chi connectivity index (χ0v) is 9.04. The SMILES string of the molecule is NCc1cn(CC(=O)NCc2ccon2)nn1. The number of nitrogens with two attached hydrogens (primary N) is 1. The minimum absolute atomic E-state index is 0.102. The van der Waals surface area contributed by atoms with Crippen LogP contribution in [-0.2, 0) is 24.4 Å². The van der Waals surface area contributed by atoms with Crippen molar-refractivity contribution in [3.63, 3.8) is 0 Å². The molecule has 8 heteroatoms. The van der Waals surface area contributed by atoms with Crippen molar-refractivity contribution in [3.8, 4) is 0 Å². The van der Waals surface area contributed by atoms with E-state index >= 15 is 0 Å². The van der Waals surface area contributed by atoms with Crippen LogP contribution in [0.3, 0.4) is 0 Å². The number of amides is 1. The van der Waals surface area contributed by atoms with Crippen LogP contribution in [0.15, 0.2) is 23.0 Å². The van der Waals surface area contributed by atoms with Crippen molar-refractivity contribution in [2.75, 3.05) is 0 Å². The molecule has 2 heterocycles. The van der Waals surface area contributed by atoms with E-state index < -0.39 is 0 Å². The molecule has 0 saturated carbocycles. The van der Waals surface area contributed by atoms with E-state index in [0.29, 0.717) is 24.5 Å². The lowest BCUT2D eigenvalue weighted by Gasteiger charge is -2.01. The van der Waals surface area contributed by atoms with E-state index in [1.54, 1.807) is 12.3 Å². The van der Waals surface area contributed by atoms with Crippen molar-refractivity contribution in [3.05, 3.63) is 29.9 Å². The summed E-state index contributed by atoms with van der Waals surface area (Å²) in [4.78, 5) is 11.5. The predicted molar refractivity (Wildman–Crippen MR) is 56.3 cm³/mol. The molecular weight excluding hydrogens is 224 g/mol. The quantitative estimate of drug-likeness (QED) is 0.691. The van der Waals surface area contributed by atoms with Gasteiger partial charge in [-0.05, 0) is 0 Å². The summed E-state index contributed by atoms with van der Waals surface area (Å²) in [5.74, 6) is -0.179. The van der Waals surface area contributed by atoms with Crippen LogP contribution in [0.1, 0.15) is 11.4 Å². The largest absolute Gasteiger partial charge is 0.364 e. The summed E-state index contributed by atoms with van der Waals surface area (Å²) in [6.07, 6.45) is 3.09. The van der Waals surface area contributed by atoms with Gasteiger partial charge in [-0.25, -0.2) is 4.68 Å². The van der Waals surface area contributed by atoms with E-state index in [9.17, 15) is 4.79 Å². The summed E-state index contributed by atoms with van der Waals surface area (Å²) in [7, 11) is 0. The van der Waals surface area contributed by atoms with Crippen molar-refractivity contribution in [1.29, 1.82) is 0 Å². The third kappa shape index (κ3) is 3.11. The highest BCUT2D eigenvalue weighted by molar-refractivity contribution is 5.75. The second-order valence-corrected chi connectivity index (χ2v) is 3.38. The van der Waals surface area contributed by atoms with Gasteiger partial charge in [0.15, 0.2) is 0 Å². The molecule has 2 rings (SSSR count). The monoisotopic (exact) mass is 236 g/mol. The highest BCUT2D eigenvalue weighted by atomic mass is 16.5. The zero-order valence-electron chi connectivity index (χ0n) is 9.04. The number of rotatable bonds is 5. The standard InChI is InChI=1S/C9H12N6O2/c10-3-8-5-15(14-12-8)6-9(16)11-4-7-1-2-17-13-7/h1-2,5H,3-4,6,10H2,(H,11,16). The van der Waals surface area contributed by atoms with Crippen molar-refractivity contribution in [1.82, 2.24) is 25.5 Å². The maximum atomic E-state index is 11.5.